The van der Waals surface area contributed by atoms with Gasteiger partial charge in [-0.15, -0.1) is 0 Å². The van der Waals surface area contributed by atoms with Crippen molar-refractivity contribution in [2.24, 2.45) is 0 Å². The molecular formula is C12H25NO. The Morgan fingerprint density at radius 1 is 1.21 bits per heavy atom. The molecule has 0 unspecified atom stereocenters. The van der Waals surface area contributed by atoms with Gasteiger partial charge in [-0.05, 0) is 40.2 Å². The number of hydrogen-bond acceptors (Lipinski definition) is 2. The normalized spacial score (nSPS) is 29.1. The van der Waals surface area contributed by atoms with Crippen molar-refractivity contribution < 1.29 is 4.74 Å². The molecule has 1 N–H and O–H groups in total. The molecule has 0 heterocycles. The molecule has 14 heavy (non-hydrogen) atoms. The van der Waals surface area contributed by atoms with Gasteiger partial charge in [0.2, 0.25) is 0 Å². The summed E-state index contributed by atoms with van der Waals surface area (Å²) >= 11 is 0. The first kappa shape index (κ1) is 12.0. The van der Waals surface area contributed by atoms with Crippen molar-refractivity contribution in [3.05, 3.63) is 0 Å². The first-order valence-electron chi connectivity index (χ1n) is 5.94. The Morgan fingerprint density at radius 3 is 2.43 bits per heavy atom. The lowest BCUT2D eigenvalue weighted by Gasteiger charge is -2.36. The molecule has 0 amide bonds. The molecule has 0 bridgehead atoms. The predicted octanol–water partition coefficient (Wildman–Crippen LogP) is 2.72. The van der Waals surface area contributed by atoms with Crippen LogP contribution in [0.3, 0.4) is 0 Å². The standard InChI is InChI=1S/C12H25NO/c1-5-13-10-8-6-7-9-11(10)14-12(2,3)4/h10-11,13H,5-9H2,1-4H3/t10-,11-/m0/s1. The summed E-state index contributed by atoms with van der Waals surface area (Å²) in [7, 11) is 0. The highest BCUT2D eigenvalue weighted by molar-refractivity contribution is 4.83. The minimum absolute atomic E-state index is 0.00429. The van der Waals surface area contributed by atoms with Gasteiger partial charge in [0.25, 0.3) is 0 Å². The predicted molar refractivity (Wildman–Crippen MR) is 60.6 cm³/mol. The second-order valence-electron chi connectivity index (χ2n) is 5.22. The lowest BCUT2D eigenvalue weighted by molar-refractivity contribution is -0.0866. The average Bonchev–Trinajstić information content (AvgIpc) is 2.06. The maximum atomic E-state index is 6.08. The Balaban J connectivity index is 2.45. The van der Waals surface area contributed by atoms with Crippen molar-refractivity contribution in [3.8, 4) is 0 Å². The summed E-state index contributed by atoms with van der Waals surface area (Å²) in [5.74, 6) is 0. The van der Waals surface area contributed by atoms with E-state index in [-0.39, 0.29) is 5.60 Å². The van der Waals surface area contributed by atoms with Gasteiger partial charge in [0, 0.05) is 6.04 Å². The van der Waals surface area contributed by atoms with Crippen LogP contribution < -0.4 is 5.32 Å². The van der Waals surface area contributed by atoms with Crippen LogP contribution in [0.5, 0.6) is 0 Å². The third kappa shape index (κ3) is 3.97. The average molecular weight is 199 g/mol. The molecule has 0 aromatic rings. The number of hydrogen-bond donors (Lipinski definition) is 1. The number of nitrogens with one attached hydrogen (secondary N) is 1. The van der Waals surface area contributed by atoms with Crippen molar-refractivity contribution in [2.45, 2.75) is 71.1 Å². The molecule has 0 saturated heterocycles. The molecule has 2 atom stereocenters. The van der Waals surface area contributed by atoms with Crippen molar-refractivity contribution in [1.29, 1.82) is 0 Å². The van der Waals surface area contributed by atoms with Crippen LogP contribution in [-0.2, 0) is 4.74 Å². The first-order valence-corrected chi connectivity index (χ1v) is 5.94. The van der Waals surface area contributed by atoms with Crippen LogP contribution in [0.15, 0.2) is 0 Å². The Labute approximate surface area is 88.4 Å². The van der Waals surface area contributed by atoms with Crippen LogP contribution in [0.2, 0.25) is 0 Å². The molecule has 0 aromatic heterocycles. The molecule has 1 aliphatic carbocycles. The summed E-state index contributed by atoms with van der Waals surface area (Å²) in [5.41, 5.74) is -0.00429. The highest BCUT2D eigenvalue weighted by atomic mass is 16.5. The van der Waals surface area contributed by atoms with Crippen molar-refractivity contribution in [3.63, 3.8) is 0 Å². The van der Waals surface area contributed by atoms with Crippen LogP contribution in [0.4, 0.5) is 0 Å². The zero-order chi connectivity index (χ0) is 10.6. The van der Waals surface area contributed by atoms with E-state index in [1.807, 2.05) is 0 Å². The molecule has 2 nitrogen and oxygen atoms in total. The minimum atomic E-state index is -0.00429. The van der Waals surface area contributed by atoms with Crippen LogP contribution in [0.25, 0.3) is 0 Å². The van der Waals surface area contributed by atoms with Gasteiger partial charge in [-0.3, -0.25) is 0 Å². The fraction of sp³-hybridized carbons (Fsp3) is 1.00. The summed E-state index contributed by atoms with van der Waals surface area (Å²) < 4.78 is 6.08. The quantitative estimate of drug-likeness (QED) is 0.754. The van der Waals surface area contributed by atoms with Crippen LogP contribution >= 0.6 is 0 Å². The van der Waals surface area contributed by atoms with Gasteiger partial charge in [0.05, 0.1) is 11.7 Å². The van der Waals surface area contributed by atoms with E-state index in [4.69, 9.17) is 4.74 Å². The molecule has 0 aliphatic heterocycles. The smallest absolute Gasteiger partial charge is 0.0735 e. The molecule has 1 fully saturated rings. The number of rotatable bonds is 3. The van der Waals surface area contributed by atoms with Crippen molar-refractivity contribution in [2.75, 3.05) is 6.54 Å². The van der Waals surface area contributed by atoms with E-state index < -0.39 is 0 Å². The van der Waals surface area contributed by atoms with Gasteiger partial charge in [0.15, 0.2) is 0 Å². The second kappa shape index (κ2) is 5.13. The first-order chi connectivity index (χ1) is 6.53. The molecular weight excluding hydrogens is 174 g/mol. The fourth-order valence-corrected chi connectivity index (χ4v) is 2.19. The zero-order valence-corrected chi connectivity index (χ0v) is 10.1. The topological polar surface area (TPSA) is 21.3 Å². The Bertz CT molecular complexity index is 160. The van der Waals surface area contributed by atoms with Crippen LogP contribution in [-0.4, -0.2) is 24.3 Å². The lowest BCUT2D eigenvalue weighted by Crippen LogP contribution is -2.46. The van der Waals surface area contributed by atoms with Crippen LogP contribution in [0, 0.1) is 0 Å². The molecule has 84 valence electrons. The summed E-state index contributed by atoms with van der Waals surface area (Å²) in [6.07, 6.45) is 5.58. The van der Waals surface area contributed by atoms with E-state index in [9.17, 15) is 0 Å². The molecule has 2 heteroatoms. The molecule has 1 aliphatic rings. The highest BCUT2D eigenvalue weighted by Crippen LogP contribution is 2.25. The van der Waals surface area contributed by atoms with Gasteiger partial charge < -0.3 is 10.1 Å². The zero-order valence-electron chi connectivity index (χ0n) is 10.1. The maximum Gasteiger partial charge on any atom is 0.0735 e. The van der Waals surface area contributed by atoms with E-state index in [1.165, 1.54) is 25.7 Å². The van der Waals surface area contributed by atoms with E-state index in [2.05, 4.69) is 33.0 Å². The second-order valence-corrected chi connectivity index (χ2v) is 5.22. The van der Waals surface area contributed by atoms with Gasteiger partial charge in [-0.25, -0.2) is 0 Å². The monoisotopic (exact) mass is 199 g/mol. The SMILES string of the molecule is CCN[C@H]1CCCC[C@@H]1OC(C)(C)C. The maximum absolute atomic E-state index is 6.08. The van der Waals surface area contributed by atoms with Crippen molar-refractivity contribution >= 4 is 0 Å². The highest BCUT2D eigenvalue weighted by Gasteiger charge is 2.28. The van der Waals surface area contributed by atoms with E-state index in [1.54, 1.807) is 0 Å². The third-order valence-electron chi connectivity index (χ3n) is 2.67. The summed E-state index contributed by atoms with van der Waals surface area (Å²) in [6, 6.07) is 0.577. The summed E-state index contributed by atoms with van der Waals surface area (Å²) in [6.45, 7) is 9.65. The molecule has 0 spiro atoms. The molecule has 1 saturated carbocycles. The minimum Gasteiger partial charge on any atom is -0.371 e. The van der Waals surface area contributed by atoms with E-state index in [0.29, 0.717) is 12.1 Å². The Hall–Kier alpha value is -0.0800. The van der Waals surface area contributed by atoms with Gasteiger partial charge >= 0.3 is 0 Å². The largest absolute Gasteiger partial charge is 0.371 e. The summed E-state index contributed by atoms with van der Waals surface area (Å²) in [4.78, 5) is 0. The lowest BCUT2D eigenvalue weighted by atomic mass is 9.92. The molecule has 0 radical (unpaired) electrons. The number of likely N-dealkylation sites (N-methyl/N-ethyl adjacent to an activating group) is 1. The Morgan fingerprint density at radius 2 is 1.86 bits per heavy atom. The van der Waals surface area contributed by atoms with Gasteiger partial charge in [0.1, 0.15) is 0 Å². The van der Waals surface area contributed by atoms with Gasteiger partial charge in [-0.2, -0.15) is 0 Å². The van der Waals surface area contributed by atoms with Crippen molar-refractivity contribution in [1.82, 2.24) is 5.32 Å². The molecule has 0 aromatic carbocycles. The Kier molecular flexibility index (Phi) is 4.39. The molecule has 1 rings (SSSR count). The third-order valence-corrected chi connectivity index (χ3v) is 2.67. The number of ether oxygens (including phenoxy) is 1. The fourth-order valence-electron chi connectivity index (χ4n) is 2.19. The van der Waals surface area contributed by atoms with Gasteiger partial charge in [-0.1, -0.05) is 19.8 Å². The summed E-state index contributed by atoms with van der Waals surface area (Å²) in [5, 5.41) is 3.53. The van der Waals surface area contributed by atoms with Crippen LogP contribution in [0.1, 0.15) is 53.4 Å². The van der Waals surface area contributed by atoms with E-state index in [0.717, 1.165) is 6.54 Å². The van der Waals surface area contributed by atoms with E-state index >= 15 is 0 Å².